The quantitative estimate of drug-likeness (QED) is 0.715. The van der Waals surface area contributed by atoms with Gasteiger partial charge in [0.05, 0.1) is 0 Å². The summed E-state index contributed by atoms with van der Waals surface area (Å²) in [6, 6.07) is 10.2. The molecule has 1 atom stereocenters. The minimum absolute atomic E-state index is 0.0196. The largest absolute Gasteiger partial charge is 0.388 e. The molecule has 0 radical (unpaired) electrons. The lowest BCUT2D eigenvalue weighted by molar-refractivity contribution is -0.0594. The lowest BCUT2D eigenvalue weighted by Crippen LogP contribution is -2.18. The third-order valence-electron chi connectivity index (χ3n) is 2.26. The summed E-state index contributed by atoms with van der Waals surface area (Å²) in [5.74, 6) is 0.807. The first-order valence-corrected chi connectivity index (χ1v) is 4.83. The Morgan fingerprint density at radius 2 is 2.07 bits per heavy atom. The van der Waals surface area contributed by atoms with Crippen molar-refractivity contribution in [3.63, 3.8) is 0 Å². The molecule has 0 spiro atoms. The van der Waals surface area contributed by atoms with Gasteiger partial charge < -0.3 is 4.84 Å². The Morgan fingerprint density at radius 1 is 1.36 bits per heavy atom. The zero-order valence-corrected chi connectivity index (χ0v) is 8.47. The molecule has 3 nitrogen and oxygen atoms in total. The van der Waals surface area contributed by atoms with Gasteiger partial charge in [-0.3, -0.25) is 0 Å². The molecular formula is C11H14N2O. The number of aliphatic imine (C=N–C) groups is 1. The number of hydrogen-bond donors (Lipinski definition) is 0. The van der Waals surface area contributed by atoms with Gasteiger partial charge in [0, 0.05) is 13.5 Å². The van der Waals surface area contributed by atoms with Crippen molar-refractivity contribution in [3.05, 3.63) is 35.9 Å². The summed E-state index contributed by atoms with van der Waals surface area (Å²) in [5.41, 5.74) is 1.17. The average molecular weight is 190 g/mol. The molecule has 0 bridgehead atoms. The van der Waals surface area contributed by atoms with E-state index >= 15 is 0 Å². The van der Waals surface area contributed by atoms with Gasteiger partial charge in [-0.25, -0.2) is 4.99 Å². The molecule has 1 aromatic rings. The summed E-state index contributed by atoms with van der Waals surface area (Å²) in [7, 11) is 1.91. The van der Waals surface area contributed by atoms with Gasteiger partial charge in [-0.15, -0.1) is 5.06 Å². The van der Waals surface area contributed by atoms with Crippen molar-refractivity contribution < 1.29 is 4.84 Å². The van der Waals surface area contributed by atoms with Crippen LogP contribution in [0, 0.1) is 0 Å². The van der Waals surface area contributed by atoms with Crippen molar-refractivity contribution in [1.82, 2.24) is 5.06 Å². The van der Waals surface area contributed by atoms with E-state index in [-0.39, 0.29) is 6.17 Å². The molecule has 0 N–H and O–H groups in total. The maximum atomic E-state index is 5.46. The van der Waals surface area contributed by atoms with Gasteiger partial charge >= 0.3 is 0 Å². The Kier molecular flexibility index (Phi) is 2.50. The summed E-state index contributed by atoms with van der Waals surface area (Å²) in [5, 5.41) is 1.79. The second-order valence-electron chi connectivity index (χ2n) is 3.30. The van der Waals surface area contributed by atoms with E-state index in [1.54, 1.807) is 5.06 Å². The number of benzene rings is 1. The average Bonchev–Trinajstić information content (AvgIpc) is 2.61. The third-order valence-corrected chi connectivity index (χ3v) is 2.26. The van der Waals surface area contributed by atoms with E-state index < -0.39 is 0 Å². The fourth-order valence-corrected chi connectivity index (χ4v) is 1.52. The van der Waals surface area contributed by atoms with Gasteiger partial charge in [-0.1, -0.05) is 37.3 Å². The Balaban J connectivity index is 2.23. The summed E-state index contributed by atoms with van der Waals surface area (Å²) < 4.78 is 0. The first kappa shape index (κ1) is 9.21. The maximum Gasteiger partial charge on any atom is 0.211 e. The van der Waals surface area contributed by atoms with E-state index in [1.165, 1.54) is 5.56 Å². The van der Waals surface area contributed by atoms with Crippen LogP contribution in [-0.4, -0.2) is 18.0 Å². The molecule has 1 aliphatic rings. The van der Waals surface area contributed by atoms with Crippen molar-refractivity contribution >= 4 is 5.90 Å². The standard InChI is InChI=1S/C11H14N2O/c1-3-10-12-11(13(2)14-10)9-7-5-4-6-8-9/h4-8,11H,3H2,1-2H3/t11-/m1/s1. The first-order chi connectivity index (χ1) is 6.81. The molecule has 1 aliphatic heterocycles. The molecule has 1 heterocycles. The molecule has 0 amide bonds. The van der Waals surface area contributed by atoms with Crippen LogP contribution in [-0.2, 0) is 4.84 Å². The molecule has 0 saturated carbocycles. The fourth-order valence-electron chi connectivity index (χ4n) is 1.52. The predicted octanol–water partition coefficient (Wildman–Crippen LogP) is 2.37. The molecule has 0 aliphatic carbocycles. The number of hydrogen-bond acceptors (Lipinski definition) is 3. The maximum absolute atomic E-state index is 5.46. The van der Waals surface area contributed by atoms with E-state index in [0.29, 0.717) is 0 Å². The molecule has 14 heavy (non-hydrogen) atoms. The molecule has 1 aromatic carbocycles. The van der Waals surface area contributed by atoms with Crippen LogP contribution >= 0.6 is 0 Å². The normalized spacial score (nSPS) is 21.9. The number of hydroxylamine groups is 2. The lowest BCUT2D eigenvalue weighted by Gasteiger charge is -2.15. The minimum atomic E-state index is 0.0196. The van der Waals surface area contributed by atoms with Crippen molar-refractivity contribution in [2.75, 3.05) is 7.05 Å². The van der Waals surface area contributed by atoms with Gasteiger partial charge in [-0.2, -0.15) is 0 Å². The molecule has 0 aromatic heterocycles. The highest BCUT2D eigenvalue weighted by atomic mass is 16.7. The summed E-state index contributed by atoms with van der Waals surface area (Å²) in [6.45, 7) is 2.04. The minimum Gasteiger partial charge on any atom is -0.388 e. The Hall–Kier alpha value is -1.35. The Labute approximate surface area is 84.0 Å². The first-order valence-electron chi connectivity index (χ1n) is 4.83. The third kappa shape index (κ3) is 1.63. The van der Waals surface area contributed by atoms with E-state index in [4.69, 9.17) is 4.84 Å². The summed E-state index contributed by atoms with van der Waals surface area (Å²) in [6.07, 6.45) is 0.861. The number of nitrogens with zero attached hydrogens (tertiary/aromatic N) is 2. The topological polar surface area (TPSA) is 24.8 Å². The molecule has 2 rings (SSSR count). The van der Waals surface area contributed by atoms with Gasteiger partial charge in [0.2, 0.25) is 5.90 Å². The van der Waals surface area contributed by atoms with Crippen molar-refractivity contribution in [2.45, 2.75) is 19.5 Å². The summed E-state index contributed by atoms with van der Waals surface area (Å²) in [4.78, 5) is 9.94. The molecular weight excluding hydrogens is 176 g/mol. The van der Waals surface area contributed by atoms with Crippen molar-refractivity contribution in [2.24, 2.45) is 4.99 Å². The van der Waals surface area contributed by atoms with Gasteiger partial charge in [0.15, 0.2) is 6.17 Å². The SMILES string of the molecule is CCC1=N[C@@H](c2ccccc2)N(C)O1. The fraction of sp³-hybridized carbons (Fsp3) is 0.364. The van der Waals surface area contributed by atoms with E-state index in [2.05, 4.69) is 17.1 Å². The highest BCUT2D eigenvalue weighted by Gasteiger charge is 2.25. The predicted molar refractivity (Wildman–Crippen MR) is 55.8 cm³/mol. The highest BCUT2D eigenvalue weighted by Crippen LogP contribution is 2.26. The van der Waals surface area contributed by atoms with Gasteiger partial charge in [0.25, 0.3) is 0 Å². The smallest absolute Gasteiger partial charge is 0.211 e. The van der Waals surface area contributed by atoms with Crippen LogP contribution in [0.4, 0.5) is 0 Å². The van der Waals surface area contributed by atoms with Gasteiger partial charge in [-0.05, 0) is 5.56 Å². The number of rotatable bonds is 2. The van der Waals surface area contributed by atoms with Gasteiger partial charge in [0.1, 0.15) is 0 Å². The molecule has 0 unspecified atom stereocenters. The van der Waals surface area contributed by atoms with Crippen LogP contribution in [0.1, 0.15) is 25.1 Å². The zero-order chi connectivity index (χ0) is 9.97. The zero-order valence-electron chi connectivity index (χ0n) is 8.47. The molecule has 0 saturated heterocycles. The van der Waals surface area contributed by atoms with E-state index in [0.717, 1.165) is 12.3 Å². The van der Waals surface area contributed by atoms with E-state index in [1.807, 2.05) is 32.2 Å². The van der Waals surface area contributed by atoms with Crippen LogP contribution in [0.15, 0.2) is 35.3 Å². The molecule has 0 fully saturated rings. The second-order valence-corrected chi connectivity index (χ2v) is 3.30. The van der Waals surface area contributed by atoms with Crippen LogP contribution in [0.3, 0.4) is 0 Å². The Morgan fingerprint density at radius 3 is 2.64 bits per heavy atom. The van der Waals surface area contributed by atoms with Crippen molar-refractivity contribution in [3.8, 4) is 0 Å². The van der Waals surface area contributed by atoms with E-state index in [9.17, 15) is 0 Å². The lowest BCUT2D eigenvalue weighted by atomic mass is 10.2. The second kappa shape index (κ2) is 3.80. The van der Waals surface area contributed by atoms with Crippen LogP contribution < -0.4 is 0 Å². The Bertz CT molecular complexity index is 334. The highest BCUT2D eigenvalue weighted by molar-refractivity contribution is 5.76. The van der Waals surface area contributed by atoms with Crippen LogP contribution in [0.25, 0.3) is 0 Å². The van der Waals surface area contributed by atoms with Crippen molar-refractivity contribution in [1.29, 1.82) is 0 Å². The summed E-state index contributed by atoms with van der Waals surface area (Å²) >= 11 is 0. The van der Waals surface area contributed by atoms with Crippen LogP contribution in [0.5, 0.6) is 0 Å². The van der Waals surface area contributed by atoms with Crippen LogP contribution in [0.2, 0.25) is 0 Å². The molecule has 74 valence electrons. The molecule has 3 heteroatoms. The monoisotopic (exact) mass is 190 g/mol.